The van der Waals surface area contributed by atoms with Gasteiger partial charge in [-0.25, -0.2) is 59.8 Å². The third kappa shape index (κ3) is 17.4. The van der Waals surface area contributed by atoms with Gasteiger partial charge in [0.05, 0.1) is 114 Å². The van der Waals surface area contributed by atoms with Gasteiger partial charge < -0.3 is 35.7 Å². The lowest BCUT2D eigenvalue weighted by molar-refractivity contribution is 0.203. The van der Waals surface area contributed by atoms with Crippen molar-refractivity contribution in [1.29, 1.82) is 21.0 Å². The van der Waals surface area contributed by atoms with Crippen LogP contribution in [0.5, 0.6) is 0 Å². The predicted molar refractivity (Wildman–Crippen MR) is 370 cm³/mol. The molecule has 0 amide bonds. The Morgan fingerprint density at radius 3 is 1.45 bits per heavy atom. The first-order valence-electron chi connectivity index (χ1n) is 29.8. The molecule has 1 aliphatic heterocycles. The number of hydrogen-bond donors (Lipinski definition) is 5. The van der Waals surface area contributed by atoms with Crippen molar-refractivity contribution >= 4 is 115 Å². The van der Waals surface area contributed by atoms with Gasteiger partial charge in [-0.05, 0) is 85.6 Å². The molecule has 0 fully saturated rings. The van der Waals surface area contributed by atoms with Crippen LogP contribution < -0.4 is 26.2 Å². The molecule has 0 aliphatic carbocycles. The fourth-order valence-corrected chi connectivity index (χ4v) is 13.4. The number of rotatable bonds is 22. The Bertz CT molecular complexity index is 4380. The quantitative estimate of drug-likeness (QED) is 0.0394. The van der Waals surface area contributed by atoms with Crippen LogP contribution in [-0.4, -0.2) is 123 Å². The summed E-state index contributed by atoms with van der Waals surface area (Å²) in [5.41, 5.74) is 5.59. The Morgan fingerprint density at radius 1 is 0.553 bits per heavy atom. The van der Waals surface area contributed by atoms with Crippen LogP contribution >= 0.6 is 45.3 Å². The largest absolute Gasteiger partial charge is 0.395 e. The van der Waals surface area contributed by atoms with Gasteiger partial charge in [0.2, 0.25) is 23.8 Å². The summed E-state index contributed by atoms with van der Waals surface area (Å²) in [6.45, 7) is 6.08. The number of aromatic nitrogens is 12. The molecule has 0 saturated heterocycles. The lowest BCUT2D eigenvalue weighted by atomic mass is 10.1. The Morgan fingerprint density at radius 2 is 1.02 bits per heavy atom. The summed E-state index contributed by atoms with van der Waals surface area (Å²) in [7, 11) is 1.66. The zero-order valence-electron chi connectivity index (χ0n) is 51.0. The monoisotopic (exact) mass is 1320 g/mol. The number of nitrogens with one attached hydrogen (secondary N) is 4. The number of aryl methyl sites for hydroxylation is 1. The lowest BCUT2D eigenvalue weighted by Gasteiger charge is -2.31. The molecule has 1 aliphatic rings. The van der Waals surface area contributed by atoms with Gasteiger partial charge in [0.1, 0.15) is 32.8 Å². The van der Waals surface area contributed by atoms with E-state index >= 15 is 0 Å². The van der Waals surface area contributed by atoms with Crippen LogP contribution in [-0.2, 0) is 11.3 Å². The standard InChI is InChI=1S/C19H17N7S.C16H17N5OS.C16H15N5S.C15H13N5OS/c20-12-14(18-24-16-4-1-2-5-17(16)27-18)15-6-8-23-19(25-15)22-7-3-10-26-11-9-21-13-26;1-22-11-10-19-15-18-9-7-12(6-8-17)21(15)16-20-13-4-2-3-5-14(13)23-16;1-2-8-18-16-19-9-7-12(21-16)11(10-17)15-20-13-5-3-4-6-14(13)22-15;16-9-10(11-5-6-17-15(20-11)18-7-8-21)14-19-12-3-1-2-4-13(12)22-14/h1-2,4-6,8-9,11,13-14H,3,7,10H2,(H,22,23,25);2-5,7,9,12H,6,10-11H2,1H3,(H,18,19);3-7,9,11H,2,8H2,1H3,(H,18,19,21);1-6,10,21H,7-8H2,(H,17,18,20). The molecule has 0 radical (unpaired) electrons. The van der Waals surface area contributed by atoms with Crippen LogP contribution in [0.1, 0.15) is 76.0 Å². The molecule has 28 heteroatoms. The number of guanidine groups is 1. The van der Waals surface area contributed by atoms with E-state index in [9.17, 15) is 15.8 Å². The van der Waals surface area contributed by atoms with Gasteiger partial charge >= 0.3 is 0 Å². The molecule has 94 heavy (non-hydrogen) atoms. The molecule has 24 nitrogen and oxygen atoms in total. The second-order valence-corrected chi connectivity index (χ2v) is 24.5. The maximum absolute atomic E-state index is 9.70. The summed E-state index contributed by atoms with van der Waals surface area (Å²) < 4.78 is 11.4. The van der Waals surface area contributed by atoms with Crippen molar-refractivity contribution in [2.24, 2.45) is 4.99 Å². The van der Waals surface area contributed by atoms with Crippen LogP contribution in [0.15, 0.2) is 170 Å². The molecule has 472 valence electrons. The number of ether oxygens (including phenoxy) is 1. The van der Waals surface area contributed by atoms with Crippen molar-refractivity contribution < 1.29 is 9.84 Å². The highest BCUT2D eigenvalue weighted by Crippen LogP contribution is 2.35. The van der Waals surface area contributed by atoms with Crippen molar-refractivity contribution in [3.05, 3.63) is 197 Å². The van der Waals surface area contributed by atoms with E-state index in [-0.39, 0.29) is 12.6 Å². The van der Waals surface area contributed by atoms with E-state index in [1.54, 1.807) is 74.0 Å². The molecule has 0 saturated carbocycles. The zero-order valence-corrected chi connectivity index (χ0v) is 54.3. The number of anilines is 4. The number of thiazole rings is 4. The van der Waals surface area contributed by atoms with Crippen LogP contribution in [0.3, 0.4) is 0 Å². The average Bonchev–Trinajstić information content (AvgIpc) is 1.71. The molecule has 9 heterocycles. The second-order valence-electron chi connectivity index (χ2n) is 20.3. The Kier molecular flexibility index (Phi) is 23.9. The summed E-state index contributed by atoms with van der Waals surface area (Å²) in [5.74, 6) is 0.673. The topological polar surface area (TPSA) is 335 Å². The van der Waals surface area contributed by atoms with Gasteiger partial charge in [0.15, 0.2) is 5.13 Å². The van der Waals surface area contributed by atoms with Crippen LogP contribution in [0.25, 0.3) is 40.9 Å². The normalized spacial score (nSPS) is 13.2. The number of benzene rings is 4. The molecule has 4 unspecified atom stereocenters. The van der Waals surface area contributed by atoms with E-state index < -0.39 is 17.8 Å². The minimum Gasteiger partial charge on any atom is -0.395 e. The summed E-state index contributed by atoms with van der Waals surface area (Å²) in [5, 5.41) is 62.3. The Hall–Kier alpha value is -10.8. The van der Waals surface area contributed by atoms with Crippen LogP contribution in [0.4, 0.5) is 23.0 Å². The molecule has 0 spiro atoms. The van der Waals surface area contributed by atoms with Crippen molar-refractivity contribution in [1.82, 2.24) is 64.7 Å². The highest BCUT2D eigenvalue weighted by atomic mass is 32.1. The first-order chi connectivity index (χ1) is 46.3. The minimum absolute atomic E-state index is 0.00681. The number of aliphatic imine (C=N–C) groups is 1. The van der Waals surface area contributed by atoms with E-state index in [1.165, 1.54) is 34.0 Å². The zero-order chi connectivity index (χ0) is 65.3. The van der Waals surface area contributed by atoms with Gasteiger partial charge in [-0.2, -0.15) is 21.0 Å². The third-order valence-electron chi connectivity index (χ3n) is 13.8. The van der Waals surface area contributed by atoms with Crippen molar-refractivity contribution in [3.8, 4) is 24.3 Å². The number of nitriles is 4. The molecule has 12 aromatic rings. The van der Waals surface area contributed by atoms with E-state index in [0.717, 1.165) is 93.5 Å². The molecular weight excluding hydrogens is 1260 g/mol. The Labute approximate surface area is 557 Å². The molecular formula is C66H62N22O2S4. The van der Waals surface area contributed by atoms with E-state index in [1.807, 2.05) is 119 Å². The average molecular weight is 1320 g/mol. The molecule has 4 aromatic carbocycles. The van der Waals surface area contributed by atoms with Gasteiger partial charge in [-0.15, -0.1) is 34.0 Å². The number of imidazole rings is 1. The number of fused-ring (bicyclic) bond motifs is 4. The number of hydrogen-bond acceptors (Lipinski definition) is 27. The first kappa shape index (κ1) is 66.1. The fraction of sp³-hybridized carbons (Fsp3) is 0.242. The van der Waals surface area contributed by atoms with Crippen molar-refractivity contribution in [2.45, 2.75) is 56.5 Å². The maximum atomic E-state index is 9.70. The minimum atomic E-state index is -0.532. The maximum Gasteiger partial charge on any atom is 0.222 e. The predicted octanol–water partition coefficient (Wildman–Crippen LogP) is 11.7. The number of nitrogens with zero attached hydrogens (tertiary/aromatic N) is 18. The second kappa shape index (κ2) is 34.0. The first-order valence-corrected chi connectivity index (χ1v) is 33.1. The summed E-state index contributed by atoms with van der Waals surface area (Å²) in [6.07, 6.45) is 16.4. The molecule has 8 aromatic heterocycles. The molecule has 4 atom stereocenters. The summed E-state index contributed by atoms with van der Waals surface area (Å²) >= 11 is 6.15. The number of methoxy groups -OCH3 is 1. The van der Waals surface area contributed by atoms with Gasteiger partial charge in [0, 0.05) is 77.0 Å². The Balaban J connectivity index is 0.000000137. The molecule has 13 rings (SSSR count). The number of aliphatic hydroxyl groups excluding tert-OH is 1. The number of para-hydroxylation sites is 4. The smallest absolute Gasteiger partial charge is 0.222 e. The highest BCUT2D eigenvalue weighted by molar-refractivity contribution is 7.22. The van der Waals surface area contributed by atoms with E-state index in [0.29, 0.717) is 67.0 Å². The van der Waals surface area contributed by atoms with Gasteiger partial charge in [0.25, 0.3) is 0 Å². The SMILES string of the molecule is CCCNc1nccc(C(C#N)c2nc3ccccc3s2)n1.COCCNC1=NC=CC(CC#N)N1c1nc2ccccc2s1.N#CC(c1ccnc(NCCCn2ccnc2)n1)c1nc2ccccc2s1.N#CC(c1ccnc(NCCO)n1)c1nc2ccccc2s1. The van der Waals surface area contributed by atoms with Crippen molar-refractivity contribution in [3.63, 3.8) is 0 Å². The van der Waals surface area contributed by atoms with E-state index in [4.69, 9.17) is 20.1 Å². The van der Waals surface area contributed by atoms with E-state index in [2.05, 4.69) is 107 Å². The van der Waals surface area contributed by atoms with Gasteiger partial charge in [-0.1, -0.05) is 66.8 Å². The lowest BCUT2D eigenvalue weighted by Crippen LogP contribution is -2.48. The highest BCUT2D eigenvalue weighted by Gasteiger charge is 2.28. The van der Waals surface area contributed by atoms with Crippen molar-refractivity contribution in [2.75, 3.05) is 67.4 Å². The summed E-state index contributed by atoms with van der Waals surface area (Å²) in [4.78, 5) is 54.6. The van der Waals surface area contributed by atoms with Gasteiger partial charge in [-0.3, -0.25) is 4.90 Å². The van der Waals surface area contributed by atoms with Crippen LogP contribution in [0, 0.1) is 45.3 Å². The number of aliphatic hydroxyl groups is 1. The van der Waals surface area contributed by atoms with Crippen LogP contribution in [0.2, 0.25) is 0 Å². The molecule has 5 N–H and O–H groups in total. The summed E-state index contributed by atoms with van der Waals surface area (Å²) in [6, 6.07) is 45.9. The molecule has 0 bridgehead atoms. The third-order valence-corrected chi connectivity index (χ3v) is 18.1. The fourth-order valence-electron chi connectivity index (χ4n) is 9.29.